The molecule has 0 aromatic heterocycles. The van der Waals surface area contributed by atoms with Crippen molar-refractivity contribution in [2.75, 3.05) is 12.8 Å². The Balaban J connectivity index is 2.54. The van der Waals surface area contributed by atoms with Gasteiger partial charge in [-0.2, -0.15) is 11.8 Å². The van der Waals surface area contributed by atoms with Crippen LogP contribution in [0.1, 0.15) is 17.3 Å². The summed E-state index contributed by atoms with van der Waals surface area (Å²) in [5.74, 6) is -0.0165. The van der Waals surface area contributed by atoms with E-state index in [4.69, 9.17) is 0 Å². The van der Waals surface area contributed by atoms with Gasteiger partial charge in [-0.3, -0.25) is 4.79 Å². The first-order chi connectivity index (χ1) is 7.13. The minimum atomic E-state index is -0.0165. The van der Waals surface area contributed by atoms with Gasteiger partial charge in [0.1, 0.15) is 0 Å². The molecule has 0 aliphatic heterocycles. The standard InChI is InChI=1S/C11H14BrNOS/c1-8(15-2)7-13-11(14)9-4-3-5-10(12)6-9/h3-6,8H,7H2,1-2H3,(H,13,14). The quantitative estimate of drug-likeness (QED) is 0.923. The van der Waals surface area contributed by atoms with Crippen LogP contribution in [0.4, 0.5) is 0 Å². The number of hydrogen-bond donors (Lipinski definition) is 1. The van der Waals surface area contributed by atoms with Gasteiger partial charge in [-0.15, -0.1) is 0 Å². The van der Waals surface area contributed by atoms with Crippen molar-refractivity contribution in [1.29, 1.82) is 0 Å². The number of carbonyl (C=O) groups excluding carboxylic acids is 1. The van der Waals surface area contributed by atoms with Gasteiger partial charge in [-0.1, -0.05) is 28.9 Å². The Morgan fingerprint density at radius 2 is 2.33 bits per heavy atom. The molecule has 1 unspecified atom stereocenters. The van der Waals surface area contributed by atoms with E-state index in [2.05, 4.69) is 28.2 Å². The summed E-state index contributed by atoms with van der Waals surface area (Å²) in [4.78, 5) is 11.7. The van der Waals surface area contributed by atoms with E-state index >= 15 is 0 Å². The van der Waals surface area contributed by atoms with Crippen LogP contribution < -0.4 is 5.32 Å². The van der Waals surface area contributed by atoms with Crippen LogP contribution in [0.5, 0.6) is 0 Å². The number of benzene rings is 1. The third kappa shape index (κ3) is 4.26. The first kappa shape index (κ1) is 12.6. The number of rotatable bonds is 4. The molecule has 0 saturated heterocycles. The van der Waals surface area contributed by atoms with Gasteiger partial charge in [0, 0.05) is 21.8 Å². The Hall–Kier alpha value is -0.480. The predicted octanol–water partition coefficient (Wildman–Crippen LogP) is 2.93. The molecule has 1 aromatic rings. The van der Waals surface area contributed by atoms with E-state index in [9.17, 15) is 4.79 Å². The largest absolute Gasteiger partial charge is 0.351 e. The van der Waals surface area contributed by atoms with Crippen LogP contribution >= 0.6 is 27.7 Å². The molecule has 1 amide bonds. The third-order valence-electron chi connectivity index (χ3n) is 2.04. The Labute approximate surface area is 103 Å². The van der Waals surface area contributed by atoms with E-state index < -0.39 is 0 Å². The second-order valence-corrected chi connectivity index (χ2v) is 5.46. The molecule has 0 fully saturated rings. The summed E-state index contributed by atoms with van der Waals surface area (Å²) in [6.07, 6.45) is 2.04. The van der Waals surface area contributed by atoms with E-state index in [0.29, 0.717) is 17.4 Å². The Morgan fingerprint density at radius 1 is 1.60 bits per heavy atom. The minimum absolute atomic E-state index is 0.0165. The third-order valence-corrected chi connectivity index (χ3v) is 3.50. The Morgan fingerprint density at radius 3 is 2.93 bits per heavy atom. The maximum atomic E-state index is 11.7. The summed E-state index contributed by atoms with van der Waals surface area (Å²) >= 11 is 5.08. The number of hydrogen-bond acceptors (Lipinski definition) is 2. The lowest BCUT2D eigenvalue weighted by molar-refractivity contribution is 0.0954. The highest BCUT2D eigenvalue weighted by atomic mass is 79.9. The summed E-state index contributed by atoms with van der Waals surface area (Å²) < 4.78 is 0.924. The average Bonchev–Trinajstić information content (AvgIpc) is 2.25. The molecule has 4 heteroatoms. The van der Waals surface area contributed by atoms with Gasteiger partial charge in [0.2, 0.25) is 0 Å². The van der Waals surface area contributed by atoms with Crippen LogP contribution in [0.3, 0.4) is 0 Å². The second-order valence-electron chi connectivity index (χ2n) is 3.27. The highest BCUT2D eigenvalue weighted by molar-refractivity contribution is 9.10. The number of thioether (sulfide) groups is 1. The molecule has 0 heterocycles. The normalized spacial score (nSPS) is 12.2. The first-order valence-corrected chi connectivity index (χ1v) is 6.78. The van der Waals surface area contributed by atoms with Crippen molar-refractivity contribution >= 4 is 33.6 Å². The summed E-state index contributed by atoms with van der Waals surface area (Å²) in [7, 11) is 0. The molecule has 1 aromatic carbocycles. The molecule has 1 atom stereocenters. The number of amides is 1. The molecular formula is C11H14BrNOS. The summed E-state index contributed by atoms with van der Waals surface area (Å²) in [6.45, 7) is 2.79. The van der Waals surface area contributed by atoms with E-state index in [1.807, 2.05) is 30.5 Å². The van der Waals surface area contributed by atoms with E-state index in [1.165, 1.54) is 0 Å². The minimum Gasteiger partial charge on any atom is -0.351 e. The lowest BCUT2D eigenvalue weighted by Gasteiger charge is -2.09. The summed E-state index contributed by atoms with van der Waals surface area (Å²) in [6, 6.07) is 7.39. The highest BCUT2D eigenvalue weighted by Gasteiger charge is 2.06. The maximum Gasteiger partial charge on any atom is 0.251 e. The summed E-state index contributed by atoms with van der Waals surface area (Å²) in [5, 5.41) is 3.34. The maximum absolute atomic E-state index is 11.7. The van der Waals surface area contributed by atoms with Crippen molar-refractivity contribution in [3.8, 4) is 0 Å². The van der Waals surface area contributed by atoms with E-state index in [1.54, 1.807) is 11.8 Å². The van der Waals surface area contributed by atoms with Crippen LogP contribution in [0.2, 0.25) is 0 Å². The van der Waals surface area contributed by atoms with Crippen molar-refractivity contribution in [2.24, 2.45) is 0 Å². The molecule has 1 rings (SSSR count). The van der Waals surface area contributed by atoms with E-state index in [0.717, 1.165) is 4.47 Å². The van der Waals surface area contributed by atoms with Crippen LogP contribution in [0, 0.1) is 0 Å². The van der Waals surface area contributed by atoms with Crippen LogP contribution in [0.25, 0.3) is 0 Å². The zero-order chi connectivity index (χ0) is 11.3. The number of nitrogens with one attached hydrogen (secondary N) is 1. The molecule has 0 saturated carbocycles. The number of carbonyl (C=O) groups is 1. The van der Waals surface area contributed by atoms with Gasteiger partial charge < -0.3 is 5.32 Å². The van der Waals surface area contributed by atoms with Crippen molar-refractivity contribution in [2.45, 2.75) is 12.2 Å². The molecule has 82 valence electrons. The van der Waals surface area contributed by atoms with Crippen molar-refractivity contribution < 1.29 is 4.79 Å². The van der Waals surface area contributed by atoms with Gasteiger partial charge in [0.05, 0.1) is 0 Å². The van der Waals surface area contributed by atoms with Gasteiger partial charge in [0.25, 0.3) is 5.91 Å². The Kier molecular flexibility index (Phi) is 5.19. The monoisotopic (exact) mass is 287 g/mol. The predicted molar refractivity (Wildman–Crippen MR) is 69.5 cm³/mol. The molecule has 0 spiro atoms. The highest BCUT2D eigenvalue weighted by Crippen LogP contribution is 2.11. The molecule has 15 heavy (non-hydrogen) atoms. The smallest absolute Gasteiger partial charge is 0.251 e. The van der Waals surface area contributed by atoms with Gasteiger partial charge in [-0.05, 0) is 24.5 Å². The zero-order valence-corrected chi connectivity index (χ0v) is 11.2. The zero-order valence-electron chi connectivity index (χ0n) is 8.79. The lowest BCUT2D eigenvalue weighted by Crippen LogP contribution is -2.29. The fourth-order valence-corrected chi connectivity index (χ4v) is 1.70. The SMILES string of the molecule is CSC(C)CNC(=O)c1cccc(Br)c1. The molecular weight excluding hydrogens is 274 g/mol. The first-order valence-electron chi connectivity index (χ1n) is 4.70. The Bertz CT molecular complexity index is 343. The van der Waals surface area contributed by atoms with E-state index in [-0.39, 0.29) is 5.91 Å². The fraction of sp³-hybridized carbons (Fsp3) is 0.364. The molecule has 0 aliphatic rings. The van der Waals surface area contributed by atoms with Crippen molar-refractivity contribution in [3.05, 3.63) is 34.3 Å². The van der Waals surface area contributed by atoms with Gasteiger partial charge in [-0.25, -0.2) is 0 Å². The summed E-state index contributed by atoms with van der Waals surface area (Å²) in [5.41, 5.74) is 0.692. The van der Waals surface area contributed by atoms with Gasteiger partial charge in [0.15, 0.2) is 0 Å². The van der Waals surface area contributed by atoms with Crippen molar-refractivity contribution in [3.63, 3.8) is 0 Å². The van der Waals surface area contributed by atoms with Crippen LogP contribution in [-0.2, 0) is 0 Å². The average molecular weight is 288 g/mol. The van der Waals surface area contributed by atoms with Crippen LogP contribution in [-0.4, -0.2) is 24.0 Å². The van der Waals surface area contributed by atoms with Crippen LogP contribution in [0.15, 0.2) is 28.7 Å². The molecule has 0 radical (unpaired) electrons. The molecule has 1 N–H and O–H groups in total. The second kappa shape index (κ2) is 6.18. The molecule has 2 nitrogen and oxygen atoms in total. The fourth-order valence-electron chi connectivity index (χ4n) is 1.05. The lowest BCUT2D eigenvalue weighted by atomic mass is 10.2. The topological polar surface area (TPSA) is 29.1 Å². The molecule has 0 aliphatic carbocycles. The van der Waals surface area contributed by atoms with Gasteiger partial charge >= 0.3 is 0 Å². The molecule has 0 bridgehead atoms. The van der Waals surface area contributed by atoms with Crippen molar-refractivity contribution in [1.82, 2.24) is 5.32 Å². The number of halogens is 1.